The Bertz CT molecular complexity index is 896. The summed E-state index contributed by atoms with van der Waals surface area (Å²) in [6, 6.07) is 15.1. The lowest BCUT2D eigenvalue weighted by atomic mass is 10.0. The maximum Gasteiger partial charge on any atom is 0.270 e. The molecule has 0 unspecified atom stereocenters. The lowest BCUT2D eigenvalue weighted by Crippen LogP contribution is -2.05. The van der Waals surface area contributed by atoms with E-state index in [-0.39, 0.29) is 16.7 Å². The van der Waals surface area contributed by atoms with Crippen molar-refractivity contribution in [2.24, 2.45) is 0 Å². The first-order chi connectivity index (χ1) is 11.1. The SMILES string of the molecule is Cc1c(-c2ccccc2)c2cc([N+](=O)[O-])ccc2n1C[C@H]1CO1. The van der Waals surface area contributed by atoms with Crippen LogP contribution in [0.5, 0.6) is 0 Å². The first-order valence-electron chi connectivity index (χ1n) is 7.59. The number of epoxide rings is 1. The van der Waals surface area contributed by atoms with Gasteiger partial charge in [-0.25, -0.2) is 0 Å². The van der Waals surface area contributed by atoms with Crippen LogP contribution in [-0.2, 0) is 11.3 Å². The van der Waals surface area contributed by atoms with Crippen LogP contribution in [0.25, 0.3) is 22.0 Å². The van der Waals surface area contributed by atoms with Gasteiger partial charge in [0.25, 0.3) is 5.69 Å². The number of hydrogen-bond donors (Lipinski definition) is 0. The smallest absolute Gasteiger partial charge is 0.270 e. The highest BCUT2D eigenvalue weighted by atomic mass is 16.6. The zero-order valence-electron chi connectivity index (χ0n) is 12.7. The maximum atomic E-state index is 11.2. The molecule has 5 heteroatoms. The van der Waals surface area contributed by atoms with E-state index in [1.165, 1.54) is 0 Å². The van der Waals surface area contributed by atoms with E-state index in [2.05, 4.69) is 11.5 Å². The third kappa shape index (κ3) is 2.39. The normalized spacial score (nSPS) is 16.7. The summed E-state index contributed by atoms with van der Waals surface area (Å²) in [5.74, 6) is 0. The van der Waals surface area contributed by atoms with Crippen LogP contribution < -0.4 is 0 Å². The Morgan fingerprint density at radius 1 is 1.26 bits per heavy atom. The third-order valence-corrected chi connectivity index (χ3v) is 4.37. The first kappa shape index (κ1) is 14.0. The zero-order chi connectivity index (χ0) is 16.0. The van der Waals surface area contributed by atoms with E-state index in [9.17, 15) is 10.1 Å². The summed E-state index contributed by atoms with van der Waals surface area (Å²) in [7, 11) is 0. The molecule has 1 aromatic heterocycles. The summed E-state index contributed by atoms with van der Waals surface area (Å²) < 4.78 is 7.57. The minimum absolute atomic E-state index is 0.120. The fourth-order valence-electron chi connectivity index (χ4n) is 3.17. The Balaban J connectivity index is 1.99. The van der Waals surface area contributed by atoms with Gasteiger partial charge in [0.2, 0.25) is 0 Å². The van der Waals surface area contributed by atoms with E-state index >= 15 is 0 Å². The van der Waals surface area contributed by atoms with Crippen LogP contribution in [0.3, 0.4) is 0 Å². The summed E-state index contributed by atoms with van der Waals surface area (Å²) in [6.45, 7) is 3.64. The number of ether oxygens (including phenoxy) is 1. The van der Waals surface area contributed by atoms with Gasteiger partial charge < -0.3 is 9.30 Å². The van der Waals surface area contributed by atoms with Crippen molar-refractivity contribution >= 4 is 16.6 Å². The molecular formula is C18H16N2O3. The molecule has 0 radical (unpaired) electrons. The largest absolute Gasteiger partial charge is 0.371 e. The van der Waals surface area contributed by atoms with Gasteiger partial charge in [-0.1, -0.05) is 30.3 Å². The van der Waals surface area contributed by atoms with Gasteiger partial charge in [0.1, 0.15) is 0 Å². The summed E-state index contributed by atoms with van der Waals surface area (Å²) in [4.78, 5) is 10.8. The molecule has 0 bridgehead atoms. The summed E-state index contributed by atoms with van der Waals surface area (Å²) in [5, 5.41) is 12.1. The van der Waals surface area contributed by atoms with Crippen molar-refractivity contribution in [1.82, 2.24) is 4.57 Å². The van der Waals surface area contributed by atoms with Crippen LogP contribution in [0.1, 0.15) is 5.69 Å². The molecule has 0 N–H and O–H groups in total. The molecule has 1 atom stereocenters. The number of benzene rings is 2. The van der Waals surface area contributed by atoms with E-state index < -0.39 is 0 Å². The fourth-order valence-corrected chi connectivity index (χ4v) is 3.17. The lowest BCUT2D eigenvalue weighted by molar-refractivity contribution is -0.384. The van der Waals surface area contributed by atoms with Crippen molar-refractivity contribution in [2.75, 3.05) is 6.61 Å². The maximum absolute atomic E-state index is 11.2. The van der Waals surface area contributed by atoms with Crippen molar-refractivity contribution in [3.8, 4) is 11.1 Å². The number of fused-ring (bicyclic) bond motifs is 1. The number of hydrogen-bond acceptors (Lipinski definition) is 3. The van der Waals surface area contributed by atoms with Crippen LogP contribution in [-0.4, -0.2) is 22.2 Å². The average molecular weight is 308 g/mol. The predicted molar refractivity (Wildman–Crippen MR) is 88.5 cm³/mol. The molecule has 1 fully saturated rings. The number of non-ortho nitro benzene ring substituents is 1. The van der Waals surface area contributed by atoms with Gasteiger partial charge >= 0.3 is 0 Å². The molecule has 4 rings (SSSR count). The number of nitro groups is 1. The van der Waals surface area contributed by atoms with Gasteiger partial charge in [0.15, 0.2) is 0 Å². The molecule has 0 amide bonds. The standard InChI is InChI=1S/C18H16N2O3/c1-12-18(13-5-3-2-4-6-13)16-9-14(20(21)22)7-8-17(16)19(12)10-15-11-23-15/h2-9,15H,10-11H2,1H3/t15-/m0/s1. The number of rotatable bonds is 4. The number of nitrogens with zero attached hydrogens (tertiary/aromatic N) is 2. The quantitative estimate of drug-likeness (QED) is 0.417. The monoisotopic (exact) mass is 308 g/mol. The highest BCUT2D eigenvalue weighted by Crippen LogP contribution is 2.37. The van der Waals surface area contributed by atoms with Crippen LogP contribution >= 0.6 is 0 Å². The van der Waals surface area contributed by atoms with E-state index in [1.54, 1.807) is 12.1 Å². The molecule has 1 aliphatic rings. The molecule has 1 aliphatic heterocycles. The van der Waals surface area contributed by atoms with Crippen molar-refractivity contribution in [2.45, 2.75) is 19.6 Å². The van der Waals surface area contributed by atoms with Crippen molar-refractivity contribution in [3.63, 3.8) is 0 Å². The molecule has 0 aliphatic carbocycles. The molecular weight excluding hydrogens is 292 g/mol. The highest BCUT2D eigenvalue weighted by Gasteiger charge is 2.26. The topological polar surface area (TPSA) is 60.6 Å². The predicted octanol–water partition coefficient (Wildman–Crippen LogP) is 3.92. The van der Waals surface area contributed by atoms with E-state index in [0.717, 1.165) is 40.9 Å². The molecule has 5 nitrogen and oxygen atoms in total. The van der Waals surface area contributed by atoms with E-state index in [4.69, 9.17) is 4.74 Å². The van der Waals surface area contributed by atoms with Crippen molar-refractivity contribution < 1.29 is 9.66 Å². The molecule has 23 heavy (non-hydrogen) atoms. The Morgan fingerprint density at radius 3 is 2.65 bits per heavy atom. The molecule has 2 heterocycles. The van der Waals surface area contributed by atoms with Crippen LogP contribution in [0.2, 0.25) is 0 Å². The molecule has 1 saturated heterocycles. The van der Waals surface area contributed by atoms with Crippen LogP contribution in [0, 0.1) is 17.0 Å². The van der Waals surface area contributed by atoms with Crippen LogP contribution in [0.15, 0.2) is 48.5 Å². The molecule has 3 aromatic rings. The first-order valence-corrected chi connectivity index (χ1v) is 7.59. The second kappa shape index (κ2) is 5.21. The number of nitro benzene ring substituents is 1. The minimum atomic E-state index is -0.342. The van der Waals surface area contributed by atoms with Gasteiger partial charge in [0, 0.05) is 34.3 Å². The Morgan fingerprint density at radius 2 is 2.00 bits per heavy atom. The van der Waals surface area contributed by atoms with Gasteiger partial charge in [-0.3, -0.25) is 10.1 Å². The summed E-state index contributed by atoms with van der Waals surface area (Å²) >= 11 is 0. The van der Waals surface area contributed by atoms with Crippen LogP contribution in [0.4, 0.5) is 5.69 Å². The van der Waals surface area contributed by atoms with Gasteiger partial charge in [-0.2, -0.15) is 0 Å². The lowest BCUT2D eigenvalue weighted by Gasteiger charge is -2.06. The summed E-state index contributed by atoms with van der Waals surface area (Å²) in [6.07, 6.45) is 0.253. The second-order valence-corrected chi connectivity index (χ2v) is 5.85. The zero-order valence-corrected chi connectivity index (χ0v) is 12.7. The number of aromatic nitrogens is 1. The summed E-state index contributed by atoms with van der Waals surface area (Å²) in [5.41, 5.74) is 4.38. The van der Waals surface area contributed by atoms with E-state index in [0.29, 0.717) is 0 Å². The minimum Gasteiger partial charge on any atom is -0.371 e. The Hall–Kier alpha value is -2.66. The Kier molecular flexibility index (Phi) is 3.16. The Labute approximate surface area is 133 Å². The average Bonchev–Trinajstić information content (AvgIpc) is 3.33. The van der Waals surface area contributed by atoms with Gasteiger partial charge in [-0.05, 0) is 18.6 Å². The fraction of sp³-hybridized carbons (Fsp3) is 0.222. The molecule has 0 spiro atoms. The van der Waals surface area contributed by atoms with Crippen molar-refractivity contribution in [3.05, 3.63) is 64.3 Å². The molecule has 2 aromatic carbocycles. The van der Waals surface area contributed by atoms with Crippen molar-refractivity contribution in [1.29, 1.82) is 0 Å². The van der Waals surface area contributed by atoms with E-state index in [1.807, 2.05) is 36.4 Å². The highest BCUT2D eigenvalue weighted by molar-refractivity contribution is 5.99. The third-order valence-electron chi connectivity index (χ3n) is 4.37. The van der Waals surface area contributed by atoms with Gasteiger partial charge in [-0.15, -0.1) is 0 Å². The molecule has 116 valence electrons. The molecule has 0 saturated carbocycles. The second-order valence-electron chi connectivity index (χ2n) is 5.85. The van der Waals surface area contributed by atoms with Gasteiger partial charge in [0.05, 0.1) is 24.2 Å².